The molecule has 134 valence electrons. The van der Waals surface area contributed by atoms with Crippen molar-refractivity contribution in [3.8, 4) is 11.5 Å². The van der Waals surface area contributed by atoms with Gasteiger partial charge < -0.3 is 14.8 Å². The lowest BCUT2D eigenvalue weighted by Gasteiger charge is -2.32. The van der Waals surface area contributed by atoms with Crippen molar-refractivity contribution in [1.29, 1.82) is 0 Å². The number of anilines is 1. The number of para-hydroxylation sites is 1. The number of ether oxygens (including phenoxy) is 2. The number of methoxy groups -OCH3 is 2. The number of halogens is 1. The van der Waals surface area contributed by atoms with Crippen molar-refractivity contribution in [3.05, 3.63) is 58.1 Å². The molecule has 1 aliphatic heterocycles. The van der Waals surface area contributed by atoms with E-state index in [9.17, 15) is 0 Å². The number of tetrazole rings is 1. The number of hydrogen-bond donors (Lipinski definition) is 1. The highest BCUT2D eigenvalue weighted by molar-refractivity contribution is 9.10. The molecule has 0 saturated carbocycles. The van der Waals surface area contributed by atoms with Gasteiger partial charge in [0.2, 0.25) is 5.95 Å². The summed E-state index contributed by atoms with van der Waals surface area (Å²) in [6.45, 7) is 0. The number of hydrogen-bond acceptors (Lipinski definition) is 6. The second-order valence-electron chi connectivity index (χ2n) is 6.03. The molecule has 0 radical (unpaired) electrons. The number of nitrogens with one attached hydrogen (secondary N) is 1. The maximum atomic E-state index is 5.64. The first-order valence-electron chi connectivity index (χ1n) is 8.22. The number of aromatic nitrogens is 4. The summed E-state index contributed by atoms with van der Waals surface area (Å²) in [5.74, 6) is 2.03. The molecule has 0 fully saturated rings. The Morgan fingerprint density at radius 1 is 1.15 bits per heavy atom. The van der Waals surface area contributed by atoms with E-state index in [0.717, 1.165) is 16.5 Å². The van der Waals surface area contributed by atoms with Gasteiger partial charge in [-0.1, -0.05) is 45.3 Å². The summed E-state index contributed by atoms with van der Waals surface area (Å²) in [5, 5.41) is 15.6. The molecule has 0 spiro atoms. The van der Waals surface area contributed by atoms with Gasteiger partial charge in [-0.15, -0.1) is 0 Å². The molecule has 0 unspecified atom stereocenters. The van der Waals surface area contributed by atoms with E-state index < -0.39 is 0 Å². The zero-order valence-corrected chi connectivity index (χ0v) is 16.0. The number of nitrogens with zero attached hydrogens (tertiary/aromatic N) is 4. The number of fused-ring (bicyclic) bond motifs is 1. The summed E-state index contributed by atoms with van der Waals surface area (Å²) in [6, 6.07) is 14.1. The minimum absolute atomic E-state index is 0.0738. The Kier molecular flexibility index (Phi) is 4.50. The summed E-state index contributed by atoms with van der Waals surface area (Å²) in [4.78, 5) is 0. The van der Waals surface area contributed by atoms with Crippen molar-refractivity contribution in [2.45, 2.75) is 18.5 Å². The average molecular weight is 416 g/mol. The van der Waals surface area contributed by atoms with Crippen LogP contribution >= 0.6 is 15.9 Å². The fourth-order valence-corrected chi connectivity index (χ4v) is 3.83. The van der Waals surface area contributed by atoms with E-state index >= 15 is 0 Å². The molecule has 3 aromatic rings. The molecule has 2 aromatic carbocycles. The Hall–Kier alpha value is -2.61. The Bertz CT molecular complexity index is 929. The predicted octanol–water partition coefficient (Wildman–Crippen LogP) is 3.60. The van der Waals surface area contributed by atoms with Gasteiger partial charge in [0, 0.05) is 10.0 Å². The second kappa shape index (κ2) is 6.95. The Morgan fingerprint density at radius 2 is 2.00 bits per heavy atom. The van der Waals surface area contributed by atoms with Crippen LogP contribution in [0.2, 0.25) is 0 Å². The van der Waals surface area contributed by atoms with Crippen molar-refractivity contribution in [3.63, 3.8) is 0 Å². The van der Waals surface area contributed by atoms with Crippen LogP contribution < -0.4 is 14.8 Å². The Morgan fingerprint density at radius 3 is 2.77 bits per heavy atom. The smallest absolute Gasteiger partial charge is 0.243 e. The lowest BCUT2D eigenvalue weighted by atomic mass is 9.92. The van der Waals surface area contributed by atoms with E-state index in [2.05, 4.69) is 48.9 Å². The van der Waals surface area contributed by atoms with E-state index in [-0.39, 0.29) is 12.1 Å². The molecule has 1 N–H and O–H groups in total. The van der Waals surface area contributed by atoms with Gasteiger partial charge in [0.15, 0.2) is 11.5 Å². The number of benzene rings is 2. The van der Waals surface area contributed by atoms with E-state index in [0.29, 0.717) is 17.4 Å². The normalized spacial score (nSPS) is 18.7. The van der Waals surface area contributed by atoms with Crippen molar-refractivity contribution in [2.75, 3.05) is 19.5 Å². The van der Waals surface area contributed by atoms with Crippen LogP contribution in [0.3, 0.4) is 0 Å². The molecule has 26 heavy (non-hydrogen) atoms. The molecular weight excluding hydrogens is 398 g/mol. The van der Waals surface area contributed by atoms with Crippen LogP contribution in [-0.4, -0.2) is 34.4 Å². The largest absolute Gasteiger partial charge is 0.493 e. The molecule has 0 bridgehead atoms. The lowest BCUT2D eigenvalue weighted by molar-refractivity contribution is 0.339. The first-order valence-corrected chi connectivity index (χ1v) is 9.01. The molecule has 0 amide bonds. The Balaban J connectivity index is 1.79. The summed E-state index contributed by atoms with van der Waals surface area (Å²) >= 11 is 3.54. The van der Waals surface area contributed by atoms with Gasteiger partial charge in [0.1, 0.15) is 0 Å². The third-order valence-corrected chi connectivity index (χ3v) is 5.09. The molecule has 2 atom stereocenters. The van der Waals surface area contributed by atoms with Crippen molar-refractivity contribution in [1.82, 2.24) is 20.2 Å². The summed E-state index contributed by atoms with van der Waals surface area (Å²) < 4.78 is 13.9. The van der Waals surface area contributed by atoms with Crippen LogP contribution in [0.15, 0.2) is 46.9 Å². The minimum atomic E-state index is -0.0738. The lowest BCUT2D eigenvalue weighted by Crippen LogP contribution is -2.28. The molecule has 4 rings (SSSR count). The van der Waals surface area contributed by atoms with Gasteiger partial charge in [-0.2, -0.15) is 0 Å². The van der Waals surface area contributed by atoms with Crippen LogP contribution in [0.25, 0.3) is 0 Å². The van der Waals surface area contributed by atoms with Crippen molar-refractivity contribution >= 4 is 21.9 Å². The van der Waals surface area contributed by atoms with Crippen molar-refractivity contribution < 1.29 is 9.47 Å². The summed E-state index contributed by atoms with van der Waals surface area (Å²) in [7, 11) is 3.28. The van der Waals surface area contributed by atoms with Gasteiger partial charge in [-0.25, -0.2) is 4.68 Å². The Labute approximate surface area is 159 Å². The minimum Gasteiger partial charge on any atom is -0.493 e. The van der Waals surface area contributed by atoms with Gasteiger partial charge in [0.25, 0.3) is 0 Å². The van der Waals surface area contributed by atoms with E-state index in [1.165, 1.54) is 5.56 Å². The van der Waals surface area contributed by atoms with Crippen molar-refractivity contribution in [2.24, 2.45) is 0 Å². The molecular formula is C18H18BrN5O2. The summed E-state index contributed by atoms with van der Waals surface area (Å²) in [6.07, 6.45) is 0.776. The van der Waals surface area contributed by atoms with Crippen LogP contribution in [0.4, 0.5) is 5.95 Å². The number of rotatable bonds is 4. The standard InChI is InChI=1S/C18H18BrN5O2/c1-25-16-8-4-7-13(17(16)26-2)15-10-14(11-5-3-6-12(19)9-11)20-18-21-22-23-24(15)18/h3-9,14-15H,10H2,1-2H3,(H,20,21,23)/t14-,15+/m0/s1. The highest BCUT2D eigenvalue weighted by Gasteiger charge is 2.33. The third kappa shape index (κ3) is 2.90. The molecule has 0 aliphatic carbocycles. The zero-order valence-electron chi connectivity index (χ0n) is 14.4. The first kappa shape index (κ1) is 16.8. The van der Waals surface area contributed by atoms with Crippen LogP contribution in [0, 0.1) is 0 Å². The van der Waals surface area contributed by atoms with Crippen LogP contribution in [0.5, 0.6) is 11.5 Å². The van der Waals surface area contributed by atoms with Gasteiger partial charge in [-0.3, -0.25) is 0 Å². The van der Waals surface area contributed by atoms with E-state index in [1.807, 2.05) is 30.3 Å². The fourth-order valence-electron chi connectivity index (χ4n) is 3.41. The average Bonchev–Trinajstić information content (AvgIpc) is 3.15. The predicted molar refractivity (Wildman–Crippen MR) is 101 cm³/mol. The third-order valence-electron chi connectivity index (χ3n) is 4.59. The van der Waals surface area contributed by atoms with E-state index in [4.69, 9.17) is 9.47 Å². The van der Waals surface area contributed by atoms with E-state index in [1.54, 1.807) is 18.9 Å². The molecule has 2 heterocycles. The molecule has 0 saturated heterocycles. The summed E-state index contributed by atoms with van der Waals surface area (Å²) in [5.41, 5.74) is 2.15. The van der Waals surface area contributed by atoms with Crippen LogP contribution in [-0.2, 0) is 0 Å². The first-order chi connectivity index (χ1) is 12.7. The topological polar surface area (TPSA) is 74.1 Å². The highest BCUT2D eigenvalue weighted by atomic mass is 79.9. The fraction of sp³-hybridized carbons (Fsp3) is 0.278. The second-order valence-corrected chi connectivity index (χ2v) is 6.95. The van der Waals surface area contributed by atoms with Gasteiger partial charge in [-0.05, 0) is 40.6 Å². The maximum Gasteiger partial charge on any atom is 0.243 e. The quantitative estimate of drug-likeness (QED) is 0.701. The zero-order chi connectivity index (χ0) is 18.1. The molecule has 7 nitrogen and oxygen atoms in total. The highest BCUT2D eigenvalue weighted by Crippen LogP contribution is 2.43. The SMILES string of the molecule is COc1cccc([C@H]2C[C@@H](c3cccc(Br)c3)Nc3nnnn32)c1OC. The van der Waals surface area contributed by atoms with Crippen LogP contribution in [0.1, 0.15) is 29.6 Å². The molecule has 8 heteroatoms. The monoisotopic (exact) mass is 415 g/mol. The van der Waals surface area contributed by atoms with Gasteiger partial charge in [0.05, 0.1) is 26.3 Å². The molecule has 1 aliphatic rings. The van der Waals surface area contributed by atoms with Gasteiger partial charge >= 0.3 is 0 Å². The maximum absolute atomic E-state index is 5.64. The molecule has 1 aromatic heterocycles.